The zero-order valence-electron chi connectivity index (χ0n) is 8.16. The summed E-state index contributed by atoms with van der Waals surface area (Å²) in [4.78, 5) is 13.8. The van der Waals surface area contributed by atoms with Gasteiger partial charge in [-0.15, -0.1) is 0 Å². The van der Waals surface area contributed by atoms with Gasteiger partial charge in [0.15, 0.2) is 0 Å². The number of nitrogens with zero attached hydrogens (tertiary/aromatic N) is 1. The Morgan fingerprint density at radius 1 is 1.57 bits per heavy atom. The van der Waals surface area contributed by atoms with Crippen LogP contribution in [-0.2, 0) is 4.79 Å². The highest BCUT2D eigenvalue weighted by Gasteiger charge is 2.57. The highest BCUT2D eigenvalue weighted by atomic mass is 32.2. The number of carbonyl (C=O) groups is 1. The van der Waals surface area contributed by atoms with E-state index in [1.807, 2.05) is 0 Å². The third kappa shape index (κ3) is 1.10. The Labute approximate surface area is 93.4 Å². The topological polar surface area (TPSA) is 20.3 Å². The van der Waals surface area contributed by atoms with Crippen molar-refractivity contribution < 1.29 is 4.79 Å². The lowest BCUT2D eigenvalue weighted by Gasteiger charge is -2.34. The van der Waals surface area contributed by atoms with Gasteiger partial charge in [-0.1, -0.05) is 24.0 Å². The van der Waals surface area contributed by atoms with E-state index in [1.54, 1.807) is 11.8 Å². The molecule has 1 aliphatic heterocycles. The minimum Gasteiger partial charge on any atom is -0.348 e. The smallest absolute Gasteiger partial charge is 0.137 e. The molecule has 76 valence electrons. The van der Waals surface area contributed by atoms with Gasteiger partial charge in [-0.3, -0.25) is 4.79 Å². The van der Waals surface area contributed by atoms with Gasteiger partial charge in [0, 0.05) is 24.1 Å². The number of Topliss-reactive ketones (excluding diaryl/α,β-unsaturated/α-hetero) is 1. The highest BCUT2D eigenvalue weighted by molar-refractivity contribution is 8.23. The summed E-state index contributed by atoms with van der Waals surface area (Å²) in [6.07, 6.45) is 3.96. The number of fused-ring (bicyclic) bond motifs is 1. The van der Waals surface area contributed by atoms with Crippen LogP contribution < -0.4 is 0 Å². The van der Waals surface area contributed by atoms with Gasteiger partial charge in [0.1, 0.15) is 10.1 Å². The lowest BCUT2D eigenvalue weighted by Crippen LogP contribution is -2.47. The number of thiocarbonyl (C=S) groups is 1. The van der Waals surface area contributed by atoms with Crippen LogP contribution in [0, 0.1) is 0 Å². The van der Waals surface area contributed by atoms with Crippen LogP contribution >= 0.6 is 24.0 Å². The van der Waals surface area contributed by atoms with Crippen molar-refractivity contribution >= 4 is 34.1 Å². The van der Waals surface area contributed by atoms with E-state index in [-0.39, 0.29) is 5.54 Å². The van der Waals surface area contributed by atoms with Crippen molar-refractivity contribution in [2.45, 2.75) is 49.4 Å². The van der Waals surface area contributed by atoms with E-state index in [4.69, 9.17) is 12.2 Å². The summed E-state index contributed by atoms with van der Waals surface area (Å²) in [7, 11) is 0. The fraction of sp³-hybridized carbons (Fsp3) is 0.800. The molecular weight excluding hydrogens is 214 g/mol. The zero-order chi connectivity index (χ0) is 9.92. The van der Waals surface area contributed by atoms with Crippen LogP contribution in [0.15, 0.2) is 0 Å². The second kappa shape index (κ2) is 2.73. The van der Waals surface area contributed by atoms with Gasteiger partial charge >= 0.3 is 0 Å². The molecule has 3 fully saturated rings. The van der Waals surface area contributed by atoms with E-state index < -0.39 is 0 Å². The molecule has 14 heavy (non-hydrogen) atoms. The number of ketones is 1. The monoisotopic (exact) mass is 227 g/mol. The highest BCUT2D eigenvalue weighted by Crippen LogP contribution is 2.52. The summed E-state index contributed by atoms with van der Waals surface area (Å²) in [5.41, 5.74) is 0.0556. The first-order chi connectivity index (χ1) is 6.61. The molecule has 1 saturated heterocycles. The van der Waals surface area contributed by atoms with Crippen molar-refractivity contribution in [3.05, 3.63) is 0 Å². The van der Waals surface area contributed by atoms with E-state index in [9.17, 15) is 4.79 Å². The van der Waals surface area contributed by atoms with E-state index in [0.717, 1.165) is 10.7 Å². The molecule has 0 aromatic heterocycles. The maximum Gasteiger partial charge on any atom is 0.137 e. The van der Waals surface area contributed by atoms with Crippen molar-refractivity contribution in [2.24, 2.45) is 0 Å². The van der Waals surface area contributed by atoms with Gasteiger partial charge in [-0.25, -0.2) is 0 Å². The van der Waals surface area contributed by atoms with Gasteiger partial charge in [0.2, 0.25) is 0 Å². The molecule has 2 aliphatic carbocycles. The van der Waals surface area contributed by atoms with Crippen molar-refractivity contribution in [1.29, 1.82) is 0 Å². The summed E-state index contributed by atoms with van der Waals surface area (Å²) in [6, 6.07) is 0.649. The Bertz CT molecular complexity index is 326. The van der Waals surface area contributed by atoms with Crippen LogP contribution in [0.25, 0.3) is 0 Å². The summed E-state index contributed by atoms with van der Waals surface area (Å²) in [5.74, 6) is 0.415. The molecule has 3 aliphatic rings. The number of hydrogen-bond acceptors (Lipinski definition) is 3. The average molecular weight is 227 g/mol. The zero-order valence-corrected chi connectivity index (χ0v) is 9.79. The molecule has 0 spiro atoms. The molecule has 0 N–H and O–H groups in total. The van der Waals surface area contributed by atoms with Gasteiger partial charge in [0.05, 0.1) is 5.54 Å². The van der Waals surface area contributed by atoms with Crippen LogP contribution in [0.1, 0.15) is 32.6 Å². The third-order valence-electron chi connectivity index (χ3n) is 3.56. The largest absolute Gasteiger partial charge is 0.348 e. The SMILES string of the molecule is C[C@]12CC(=O)C[C@H]1SC(=S)N2C1CC1. The number of rotatable bonds is 1. The predicted molar refractivity (Wildman–Crippen MR) is 61.5 cm³/mol. The Balaban J connectivity index is 1.96. The van der Waals surface area contributed by atoms with Crippen molar-refractivity contribution in [2.75, 3.05) is 0 Å². The Kier molecular flexibility index (Phi) is 1.78. The third-order valence-corrected chi connectivity index (χ3v) is 5.41. The first-order valence-electron chi connectivity index (χ1n) is 5.13. The predicted octanol–water partition coefficient (Wildman–Crippen LogP) is 1.97. The van der Waals surface area contributed by atoms with Crippen LogP contribution in [0.4, 0.5) is 0 Å². The van der Waals surface area contributed by atoms with Crippen molar-refractivity contribution in [3.63, 3.8) is 0 Å². The van der Waals surface area contributed by atoms with Gasteiger partial charge < -0.3 is 4.90 Å². The molecule has 2 atom stereocenters. The van der Waals surface area contributed by atoms with Gasteiger partial charge in [-0.05, 0) is 19.8 Å². The molecule has 0 aromatic rings. The molecule has 2 saturated carbocycles. The summed E-state index contributed by atoms with van der Waals surface area (Å²) < 4.78 is 1.03. The van der Waals surface area contributed by atoms with Crippen LogP contribution in [0.5, 0.6) is 0 Å². The van der Waals surface area contributed by atoms with Crippen LogP contribution in [0.2, 0.25) is 0 Å². The molecule has 0 radical (unpaired) electrons. The van der Waals surface area contributed by atoms with E-state index >= 15 is 0 Å². The van der Waals surface area contributed by atoms with Gasteiger partial charge in [-0.2, -0.15) is 0 Å². The standard InChI is InChI=1S/C10H13NOS2/c1-10-5-7(12)4-8(10)14-9(13)11(10)6-2-3-6/h6,8H,2-5H2,1H3/t8-,10+/m1/s1. The summed E-state index contributed by atoms with van der Waals surface area (Å²) >= 11 is 7.15. The minimum atomic E-state index is 0.0556. The lowest BCUT2D eigenvalue weighted by molar-refractivity contribution is -0.117. The van der Waals surface area contributed by atoms with Crippen LogP contribution in [0.3, 0.4) is 0 Å². The fourth-order valence-corrected chi connectivity index (χ4v) is 4.85. The normalized spacial score (nSPS) is 42.1. The lowest BCUT2D eigenvalue weighted by atomic mass is 9.98. The number of thioether (sulfide) groups is 1. The Morgan fingerprint density at radius 2 is 2.29 bits per heavy atom. The molecular formula is C10H13NOS2. The Hall–Kier alpha value is -0.0900. The molecule has 0 bridgehead atoms. The minimum absolute atomic E-state index is 0.0556. The molecule has 0 amide bonds. The first-order valence-corrected chi connectivity index (χ1v) is 6.42. The number of carbonyl (C=O) groups excluding carboxylic acids is 1. The molecule has 2 nitrogen and oxygen atoms in total. The first kappa shape index (κ1) is 9.16. The molecule has 3 rings (SSSR count). The maximum absolute atomic E-state index is 11.5. The van der Waals surface area contributed by atoms with Gasteiger partial charge in [0.25, 0.3) is 0 Å². The fourth-order valence-electron chi connectivity index (χ4n) is 2.71. The molecule has 0 aromatic carbocycles. The van der Waals surface area contributed by atoms with Crippen LogP contribution in [-0.4, -0.2) is 31.8 Å². The molecule has 4 heteroatoms. The summed E-state index contributed by atoms with van der Waals surface area (Å²) in [5, 5.41) is 0.433. The molecule has 1 heterocycles. The number of hydrogen-bond donors (Lipinski definition) is 0. The van der Waals surface area contributed by atoms with E-state index in [1.165, 1.54) is 12.8 Å². The Morgan fingerprint density at radius 3 is 2.93 bits per heavy atom. The van der Waals surface area contributed by atoms with Crippen molar-refractivity contribution in [3.8, 4) is 0 Å². The summed E-state index contributed by atoms with van der Waals surface area (Å²) in [6.45, 7) is 2.22. The maximum atomic E-state index is 11.5. The van der Waals surface area contributed by atoms with E-state index in [2.05, 4.69) is 11.8 Å². The second-order valence-electron chi connectivity index (χ2n) is 4.75. The average Bonchev–Trinajstić information content (AvgIpc) is 2.77. The van der Waals surface area contributed by atoms with E-state index in [0.29, 0.717) is 23.5 Å². The quantitative estimate of drug-likeness (QED) is 0.638. The van der Waals surface area contributed by atoms with Crippen molar-refractivity contribution in [1.82, 2.24) is 4.90 Å². The second-order valence-corrected chi connectivity index (χ2v) is 6.59. The molecule has 0 unspecified atom stereocenters.